The molecule has 0 aromatic heterocycles. The topological polar surface area (TPSA) is 20.3 Å². The Balaban J connectivity index is 3.17. The molecular formula is C11H8BrF6NO. The Kier molecular flexibility index (Phi) is 4.73. The first kappa shape index (κ1) is 16.8. The Morgan fingerprint density at radius 2 is 1.75 bits per heavy atom. The molecule has 1 aromatic carbocycles. The fraction of sp³-hybridized carbons (Fsp3) is 0.364. The Labute approximate surface area is 118 Å². The van der Waals surface area contributed by atoms with Gasteiger partial charge < -0.3 is 4.90 Å². The highest BCUT2D eigenvalue weighted by atomic mass is 79.9. The lowest BCUT2D eigenvalue weighted by Gasteiger charge is -2.21. The molecule has 1 aromatic rings. The first-order valence-electron chi connectivity index (χ1n) is 5.11. The quantitative estimate of drug-likeness (QED) is 0.724. The first-order chi connectivity index (χ1) is 8.92. The predicted molar refractivity (Wildman–Crippen MR) is 62.2 cm³/mol. The minimum Gasteiger partial charge on any atom is -0.333 e. The summed E-state index contributed by atoms with van der Waals surface area (Å²) in [5.41, 5.74) is -2.11. The van der Waals surface area contributed by atoms with Crippen LogP contribution < -0.4 is 0 Å². The van der Waals surface area contributed by atoms with Crippen molar-refractivity contribution in [3.63, 3.8) is 0 Å². The van der Waals surface area contributed by atoms with Gasteiger partial charge in [0.2, 0.25) is 0 Å². The van der Waals surface area contributed by atoms with Gasteiger partial charge in [-0.15, -0.1) is 0 Å². The zero-order valence-electron chi connectivity index (χ0n) is 9.94. The van der Waals surface area contributed by atoms with Crippen LogP contribution in [0.5, 0.6) is 0 Å². The van der Waals surface area contributed by atoms with Crippen molar-refractivity contribution in [2.45, 2.75) is 12.4 Å². The van der Waals surface area contributed by atoms with Gasteiger partial charge in [-0.1, -0.05) is 15.9 Å². The molecule has 0 atom stereocenters. The van der Waals surface area contributed by atoms with Gasteiger partial charge in [-0.3, -0.25) is 4.79 Å². The van der Waals surface area contributed by atoms with Crippen LogP contribution in [-0.4, -0.2) is 30.6 Å². The number of carbonyl (C=O) groups is 1. The van der Waals surface area contributed by atoms with Crippen molar-refractivity contribution in [3.05, 3.63) is 33.8 Å². The highest BCUT2D eigenvalue weighted by molar-refractivity contribution is 9.10. The summed E-state index contributed by atoms with van der Waals surface area (Å²) in [7, 11) is 0.790. The maximum Gasteiger partial charge on any atom is 0.417 e. The van der Waals surface area contributed by atoms with Crippen LogP contribution in [-0.2, 0) is 6.18 Å². The van der Waals surface area contributed by atoms with E-state index in [0.29, 0.717) is 6.07 Å². The van der Waals surface area contributed by atoms with Gasteiger partial charge in [-0.25, -0.2) is 0 Å². The standard InChI is InChI=1S/C11H8BrF6NO/c1-19(5-10(13,14)15)9(20)7-3-2-6(12)4-8(7)11(16,17)18/h2-4H,5H2,1H3. The molecule has 0 aliphatic carbocycles. The third-order valence-electron chi connectivity index (χ3n) is 2.28. The van der Waals surface area contributed by atoms with E-state index in [1.807, 2.05) is 0 Å². The number of hydrogen-bond donors (Lipinski definition) is 0. The van der Waals surface area contributed by atoms with E-state index in [1.165, 1.54) is 0 Å². The summed E-state index contributed by atoms with van der Waals surface area (Å²) in [6.07, 6.45) is -9.52. The lowest BCUT2D eigenvalue weighted by atomic mass is 10.1. The summed E-state index contributed by atoms with van der Waals surface area (Å²) in [6.45, 7) is -1.63. The van der Waals surface area contributed by atoms with E-state index in [4.69, 9.17) is 0 Å². The lowest BCUT2D eigenvalue weighted by molar-refractivity contribution is -0.139. The number of benzene rings is 1. The molecule has 112 valence electrons. The zero-order valence-corrected chi connectivity index (χ0v) is 11.5. The Bertz CT molecular complexity index is 511. The van der Waals surface area contributed by atoms with E-state index in [1.54, 1.807) is 0 Å². The molecule has 0 spiro atoms. The molecule has 0 bridgehead atoms. The highest BCUT2D eigenvalue weighted by Gasteiger charge is 2.38. The van der Waals surface area contributed by atoms with E-state index in [-0.39, 0.29) is 9.37 Å². The molecule has 0 aliphatic heterocycles. The van der Waals surface area contributed by atoms with Crippen molar-refractivity contribution in [1.82, 2.24) is 4.90 Å². The van der Waals surface area contributed by atoms with E-state index in [0.717, 1.165) is 19.2 Å². The van der Waals surface area contributed by atoms with Crippen molar-refractivity contribution >= 4 is 21.8 Å². The normalized spacial score (nSPS) is 12.4. The average molecular weight is 364 g/mol. The minimum atomic E-state index is -4.84. The second-order valence-corrected chi connectivity index (χ2v) is 4.88. The molecule has 9 heteroatoms. The van der Waals surface area contributed by atoms with Crippen LogP contribution in [0, 0.1) is 0 Å². The molecule has 20 heavy (non-hydrogen) atoms. The van der Waals surface area contributed by atoms with Crippen molar-refractivity contribution in [3.8, 4) is 0 Å². The SMILES string of the molecule is CN(CC(F)(F)F)C(=O)c1ccc(Br)cc1C(F)(F)F. The van der Waals surface area contributed by atoms with Gasteiger partial charge in [0.15, 0.2) is 0 Å². The minimum absolute atomic E-state index is 0.0693. The van der Waals surface area contributed by atoms with Crippen LogP contribution in [0.3, 0.4) is 0 Å². The Morgan fingerprint density at radius 1 is 1.20 bits per heavy atom. The fourth-order valence-corrected chi connectivity index (χ4v) is 1.84. The average Bonchev–Trinajstić information content (AvgIpc) is 2.24. The van der Waals surface area contributed by atoms with Crippen LogP contribution in [0.2, 0.25) is 0 Å². The van der Waals surface area contributed by atoms with E-state index in [2.05, 4.69) is 15.9 Å². The summed E-state index contributed by atoms with van der Waals surface area (Å²) in [5, 5.41) is 0. The summed E-state index contributed by atoms with van der Waals surface area (Å²) in [6, 6.07) is 2.64. The first-order valence-corrected chi connectivity index (χ1v) is 5.90. The van der Waals surface area contributed by atoms with E-state index < -0.39 is 35.9 Å². The van der Waals surface area contributed by atoms with Crippen molar-refractivity contribution in [2.24, 2.45) is 0 Å². The van der Waals surface area contributed by atoms with Crippen LogP contribution in [0.15, 0.2) is 22.7 Å². The molecule has 1 amide bonds. The molecule has 1 rings (SSSR count). The summed E-state index contributed by atoms with van der Waals surface area (Å²) >= 11 is 2.82. The van der Waals surface area contributed by atoms with Crippen molar-refractivity contribution < 1.29 is 31.1 Å². The summed E-state index contributed by atoms with van der Waals surface area (Å²) in [5.74, 6) is -1.35. The maximum absolute atomic E-state index is 12.8. The number of carbonyl (C=O) groups excluding carboxylic acids is 1. The number of rotatable bonds is 2. The Hall–Kier alpha value is -1.25. The van der Waals surface area contributed by atoms with Gasteiger partial charge in [-0.05, 0) is 18.2 Å². The molecule has 0 unspecified atom stereocenters. The molecule has 2 nitrogen and oxygen atoms in total. The smallest absolute Gasteiger partial charge is 0.333 e. The second kappa shape index (κ2) is 5.63. The van der Waals surface area contributed by atoms with Crippen LogP contribution >= 0.6 is 15.9 Å². The fourth-order valence-electron chi connectivity index (χ4n) is 1.48. The van der Waals surface area contributed by atoms with E-state index in [9.17, 15) is 31.1 Å². The zero-order chi connectivity index (χ0) is 15.7. The maximum atomic E-state index is 12.8. The molecule has 0 saturated carbocycles. The molecule has 0 fully saturated rings. The number of hydrogen-bond acceptors (Lipinski definition) is 1. The van der Waals surface area contributed by atoms with E-state index >= 15 is 0 Å². The third-order valence-corrected chi connectivity index (χ3v) is 2.77. The van der Waals surface area contributed by atoms with Crippen molar-refractivity contribution in [1.29, 1.82) is 0 Å². The number of amides is 1. The van der Waals surface area contributed by atoms with Gasteiger partial charge in [0, 0.05) is 11.5 Å². The molecule has 0 N–H and O–H groups in total. The molecule has 0 aliphatic rings. The predicted octanol–water partition coefficient (Wildman–Crippen LogP) is 4.10. The highest BCUT2D eigenvalue weighted by Crippen LogP contribution is 2.34. The second-order valence-electron chi connectivity index (χ2n) is 3.96. The molecule has 0 radical (unpaired) electrons. The van der Waals surface area contributed by atoms with Crippen LogP contribution in [0.4, 0.5) is 26.3 Å². The lowest BCUT2D eigenvalue weighted by Crippen LogP contribution is -2.36. The summed E-state index contributed by atoms with van der Waals surface area (Å²) in [4.78, 5) is 11.9. The number of nitrogens with zero attached hydrogens (tertiary/aromatic N) is 1. The van der Waals surface area contributed by atoms with Crippen LogP contribution in [0.1, 0.15) is 15.9 Å². The molecule has 0 saturated heterocycles. The monoisotopic (exact) mass is 363 g/mol. The summed E-state index contributed by atoms with van der Waals surface area (Å²) < 4.78 is 74.9. The molecular weight excluding hydrogens is 356 g/mol. The van der Waals surface area contributed by atoms with Gasteiger partial charge in [-0.2, -0.15) is 26.3 Å². The van der Waals surface area contributed by atoms with Gasteiger partial charge >= 0.3 is 12.4 Å². The Morgan fingerprint density at radius 3 is 2.20 bits per heavy atom. The number of halogens is 7. The molecule has 0 heterocycles. The van der Waals surface area contributed by atoms with Gasteiger partial charge in [0.05, 0.1) is 11.1 Å². The number of alkyl halides is 6. The third kappa shape index (κ3) is 4.39. The van der Waals surface area contributed by atoms with Crippen LogP contribution in [0.25, 0.3) is 0 Å². The van der Waals surface area contributed by atoms with Gasteiger partial charge in [0.25, 0.3) is 5.91 Å². The largest absolute Gasteiger partial charge is 0.417 e. The van der Waals surface area contributed by atoms with Gasteiger partial charge in [0.1, 0.15) is 6.54 Å². The van der Waals surface area contributed by atoms with Crippen molar-refractivity contribution in [2.75, 3.05) is 13.6 Å².